The number of hydrogen-bond donors (Lipinski definition) is 0. The number of amides is 1. The summed E-state index contributed by atoms with van der Waals surface area (Å²) in [4.78, 5) is 14.0. The van der Waals surface area contributed by atoms with Crippen molar-refractivity contribution in [2.75, 3.05) is 24.8 Å². The van der Waals surface area contributed by atoms with Gasteiger partial charge in [-0.1, -0.05) is 0 Å². The van der Waals surface area contributed by atoms with Crippen LogP contribution in [0.3, 0.4) is 0 Å². The van der Waals surface area contributed by atoms with Gasteiger partial charge >= 0.3 is 0 Å². The fourth-order valence-corrected chi connectivity index (χ4v) is 2.19. The zero-order valence-corrected chi connectivity index (χ0v) is 11.9. The molecule has 1 heterocycles. The van der Waals surface area contributed by atoms with Gasteiger partial charge in [-0.15, -0.1) is 23.2 Å². The molecule has 0 aromatic carbocycles. The van der Waals surface area contributed by atoms with E-state index in [0.29, 0.717) is 36.2 Å². The van der Waals surface area contributed by atoms with Crippen molar-refractivity contribution in [3.8, 4) is 0 Å². The van der Waals surface area contributed by atoms with Crippen molar-refractivity contribution in [1.29, 1.82) is 0 Å². The Hall–Kier alpha value is -0.670. The van der Waals surface area contributed by atoms with Gasteiger partial charge in [0.1, 0.15) is 11.5 Å². The molecular weight excluding hydrogens is 261 g/mol. The maximum atomic E-state index is 12.3. The summed E-state index contributed by atoms with van der Waals surface area (Å²) in [7, 11) is 0. The van der Waals surface area contributed by atoms with Crippen LogP contribution in [0, 0.1) is 20.8 Å². The maximum Gasteiger partial charge on any atom is 0.257 e. The highest BCUT2D eigenvalue weighted by Gasteiger charge is 2.23. The fourth-order valence-electron chi connectivity index (χ4n) is 1.79. The summed E-state index contributed by atoms with van der Waals surface area (Å²) in [5.41, 5.74) is 1.53. The molecule has 0 radical (unpaired) electrons. The van der Waals surface area contributed by atoms with E-state index in [9.17, 15) is 4.79 Å². The molecule has 1 amide bonds. The molecule has 3 nitrogen and oxygen atoms in total. The number of rotatable bonds is 5. The van der Waals surface area contributed by atoms with Crippen LogP contribution in [0.25, 0.3) is 0 Å². The molecule has 0 unspecified atom stereocenters. The van der Waals surface area contributed by atoms with E-state index < -0.39 is 0 Å². The van der Waals surface area contributed by atoms with E-state index in [0.717, 1.165) is 11.3 Å². The minimum atomic E-state index is -0.0573. The summed E-state index contributed by atoms with van der Waals surface area (Å²) >= 11 is 11.4. The molecule has 1 rings (SSSR count). The molecule has 0 fully saturated rings. The number of carbonyl (C=O) groups excluding carboxylic acids is 1. The van der Waals surface area contributed by atoms with Crippen LogP contribution in [0.2, 0.25) is 0 Å². The van der Waals surface area contributed by atoms with Crippen LogP contribution in [0.15, 0.2) is 4.42 Å². The Bertz CT molecular complexity index is 395. The fraction of sp³-hybridized carbons (Fsp3) is 0.583. The number of carbonyl (C=O) groups is 1. The molecule has 0 saturated heterocycles. The van der Waals surface area contributed by atoms with E-state index in [1.165, 1.54) is 0 Å². The molecule has 5 heteroatoms. The lowest BCUT2D eigenvalue weighted by Gasteiger charge is -2.20. The Morgan fingerprint density at radius 3 is 2.00 bits per heavy atom. The van der Waals surface area contributed by atoms with Crippen molar-refractivity contribution in [2.24, 2.45) is 0 Å². The second-order valence-corrected chi connectivity index (χ2v) is 4.64. The Kier molecular flexibility index (Phi) is 5.34. The average Bonchev–Trinajstić information content (AvgIpc) is 2.52. The van der Waals surface area contributed by atoms with Gasteiger partial charge in [0.05, 0.1) is 5.56 Å². The SMILES string of the molecule is Cc1oc(C)c(C(=O)N(CCCl)CCCl)c1C. The molecule has 96 valence electrons. The van der Waals surface area contributed by atoms with Crippen LogP contribution in [0.4, 0.5) is 0 Å². The quantitative estimate of drug-likeness (QED) is 0.775. The summed E-state index contributed by atoms with van der Waals surface area (Å²) in [5, 5.41) is 0. The molecule has 1 aromatic heterocycles. The van der Waals surface area contributed by atoms with Gasteiger partial charge in [-0.25, -0.2) is 0 Å². The molecule has 0 aliphatic rings. The first kappa shape index (κ1) is 14.4. The molecule has 0 bridgehead atoms. The number of nitrogens with zero attached hydrogens (tertiary/aromatic N) is 1. The summed E-state index contributed by atoms with van der Waals surface area (Å²) in [5.74, 6) is 2.18. The highest BCUT2D eigenvalue weighted by Crippen LogP contribution is 2.22. The number of furan rings is 1. The van der Waals surface area contributed by atoms with Gasteiger partial charge in [-0.3, -0.25) is 4.79 Å². The van der Waals surface area contributed by atoms with E-state index in [4.69, 9.17) is 27.6 Å². The van der Waals surface area contributed by atoms with E-state index in [1.54, 1.807) is 11.8 Å². The third-order valence-electron chi connectivity index (χ3n) is 2.77. The second-order valence-electron chi connectivity index (χ2n) is 3.88. The number of halogens is 2. The first-order valence-corrected chi connectivity index (χ1v) is 6.57. The largest absolute Gasteiger partial charge is 0.466 e. The minimum Gasteiger partial charge on any atom is -0.466 e. The normalized spacial score (nSPS) is 10.6. The second kappa shape index (κ2) is 6.31. The summed E-state index contributed by atoms with van der Waals surface area (Å²) in [6, 6.07) is 0. The van der Waals surface area contributed by atoms with Crippen LogP contribution in [0.5, 0.6) is 0 Å². The Morgan fingerprint density at radius 2 is 1.65 bits per heavy atom. The smallest absolute Gasteiger partial charge is 0.257 e. The Labute approximate surface area is 112 Å². The zero-order chi connectivity index (χ0) is 13.0. The lowest BCUT2D eigenvalue weighted by Crippen LogP contribution is -2.35. The topological polar surface area (TPSA) is 33.5 Å². The van der Waals surface area contributed by atoms with Gasteiger partial charge < -0.3 is 9.32 Å². The standard InChI is InChI=1S/C12H17Cl2NO2/c1-8-9(2)17-10(3)11(8)12(16)15(6-4-13)7-5-14/h4-7H2,1-3H3. The summed E-state index contributed by atoms with van der Waals surface area (Å²) in [6.45, 7) is 6.53. The first-order valence-electron chi connectivity index (χ1n) is 5.50. The van der Waals surface area contributed by atoms with Crippen molar-refractivity contribution in [3.63, 3.8) is 0 Å². The third-order valence-corrected chi connectivity index (χ3v) is 3.11. The average molecular weight is 278 g/mol. The Morgan fingerprint density at radius 1 is 1.12 bits per heavy atom. The molecule has 0 N–H and O–H groups in total. The predicted molar refractivity (Wildman–Crippen MR) is 70.3 cm³/mol. The molecule has 1 aromatic rings. The van der Waals surface area contributed by atoms with Gasteiger partial charge in [0.2, 0.25) is 0 Å². The van der Waals surface area contributed by atoms with Gasteiger partial charge in [0, 0.05) is 30.4 Å². The highest BCUT2D eigenvalue weighted by atomic mass is 35.5. The molecular formula is C12H17Cl2NO2. The highest BCUT2D eigenvalue weighted by molar-refractivity contribution is 6.18. The van der Waals surface area contributed by atoms with Crippen LogP contribution >= 0.6 is 23.2 Å². The Balaban J connectivity index is 3.00. The van der Waals surface area contributed by atoms with Crippen molar-refractivity contribution in [1.82, 2.24) is 4.90 Å². The van der Waals surface area contributed by atoms with Crippen molar-refractivity contribution in [2.45, 2.75) is 20.8 Å². The zero-order valence-electron chi connectivity index (χ0n) is 10.3. The minimum absolute atomic E-state index is 0.0573. The van der Waals surface area contributed by atoms with Crippen molar-refractivity contribution in [3.05, 3.63) is 22.6 Å². The third kappa shape index (κ3) is 3.17. The molecule has 0 spiro atoms. The molecule has 0 saturated carbocycles. The molecule has 0 aliphatic carbocycles. The summed E-state index contributed by atoms with van der Waals surface area (Å²) < 4.78 is 5.46. The van der Waals surface area contributed by atoms with E-state index in [-0.39, 0.29) is 5.91 Å². The van der Waals surface area contributed by atoms with E-state index in [1.807, 2.05) is 13.8 Å². The molecule has 17 heavy (non-hydrogen) atoms. The van der Waals surface area contributed by atoms with Crippen LogP contribution in [0.1, 0.15) is 27.4 Å². The van der Waals surface area contributed by atoms with Crippen LogP contribution in [-0.4, -0.2) is 35.7 Å². The van der Waals surface area contributed by atoms with Crippen molar-refractivity contribution < 1.29 is 9.21 Å². The van der Waals surface area contributed by atoms with E-state index >= 15 is 0 Å². The van der Waals surface area contributed by atoms with Gasteiger partial charge in [0.15, 0.2) is 0 Å². The van der Waals surface area contributed by atoms with Crippen LogP contribution in [-0.2, 0) is 0 Å². The number of hydrogen-bond acceptors (Lipinski definition) is 2. The van der Waals surface area contributed by atoms with Gasteiger partial charge in [-0.2, -0.15) is 0 Å². The van der Waals surface area contributed by atoms with Gasteiger partial charge in [0.25, 0.3) is 5.91 Å². The molecule has 0 aliphatic heterocycles. The lowest BCUT2D eigenvalue weighted by molar-refractivity contribution is 0.0772. The predicted octanol–water partition coefficient (Wildman–Crippen LogP) is 3.12. The summed E-state index contributed by atoms with van der Waals surface area (Å²) in [6.07, 6.45) is 0. The van der Waals surface area contributed by atoms with Crippen molar-refractivity contribution >= 4 is 29.1 Å². The maximum absolute atomic E-state index is 12.3. The molecule has 0 atom stereocenters. The number of alkyl halides is 2. The van der Waals surface area contributed by atoms with Gasteiger partial charge in [-0.05, 0) is 20.8 Å². The monoisotopic (exact) mass is 277 g/mol. The van der Waals surface area contributed by atoms with Crippen LogP contribution < -0.4 is 0 Å². The number of aryl methyl sites for hydroxylation is 2. The lowest BCUT2D eigenvalue weighted by atomic mass is 10.1. The van der Waals surface area contributed by atoms with E-state index in [2.05, 4.69) is 0 Å². The first-order chi connectivity index (χ1) is 8.02.